The van der Waals surface area contributed by atoms with Gasteiger partial charge in [-0.2, -0.15) is 4.98 Å². The number of aryl methyl sites for hydroxylation is 1. The third kappa shape index (κ3) is 6.32. The van der Waals surface area contributed by atoms with Crippen LogP contribution in [0.5, 0.6) is 5.75 Å². The predicted octanol–water partition coefficient (Wildman–Crippen LogP) is 5.76. The van der Waals surface area contributed by atoms with Crippen LogP contribution in [0.1, 0.15) is 18.4 Å². The normalized spacial score (nSPS) is 14.5. The van der Waals surface area contributed by atoms with Gasteiger partial charge in [-0.25, -0.2) is 4.98 Å². The molecule has 0 saturated carbocycles. The Hall–Kier alpha value is -3.27. The van der Waals surface area contributed by atoms with Crippen molar-refractivity contribution in [3.63, 3.8) is 0 Å². The molecular formula is C29H36BrN8O2P. The van der Waals surface area contributed by atoms with Gasteiger partial charge < -0.3 is 29.7 Å². The minimum absolute atomic E-state index is 0.395. The molecule has 0 bridgehead atoms. The lowest BCUT2D eigenvalue weighted by atomic mass is 10.0. The maximum atomic E-state index is 13.3. The molecule has 2 N–H and O–H groups in total. The summed E-state index contributed by atoms with van der Waals surface area (Å²) >= 11 is 3.56. The molecule has 0 unspecified atom stereocenters. The molecule has 1 aliphatic rings. The lowest BCUT2D eigenvalue weighted by Gasteiger charge is -2.37. The van der Waals surface area contributed by atoms with E-state index in [1.165, 1.54) is 5.69 Å². The molecular weight excluding hydrogens is 603 g/mol. The number of nitrogens with one attached hydrogen (secondary N) is 2. The van der Waals surface area contributed by atoms with Crippen molar-refractivity contribution in [1.82, 2.24) is 24.8 Å². The van der Waals surface area contributed by atoms with E-state index >= 15 is 0 Å². The molecule has 216 valence electrons. The van der Waals surface area contributed by atoms with Crippen molar-refractivity contribution in [1.29, 1.82) is 0 Å². The fourth-order valence-corrected chi connectivity index (χ4v) is 7.02. The van der Waals surface area contributed by atoms with Crippen LogP contribution in [0.4, 0.5) is 28.8 Å². The molecule has 1 fully saturated rings. The van der Waals surface area contributed by atoms with Crippen LogP contribution in [-0.4, -0.2) is 78.5 Å². The summed E-state index contributed by atoms with van der Waals surface area (Å²) in [4.78, 5) is 22.8. The van der Waals surface area contributed by atoms with Crippen LogP contribution in [-0.2, 0) is 4.57 Å². The molecule has 0 spiro atoms. The molecule has 1 saturated heterocycles. The third-order valence-corrected chi connectivity index (χ3v) is 9.56. The summed E-state index contributed by atoms with van der Waals surface area (Å²) in [5.41, 5.74) is 5.07. The van der Waals surface area contributed by atoms with E-state index in [2.05, 4.69) is 84.5 Å². The van der Waals surface area contributed by atoms with E-state index < -0.39 is 7.14 Å². The number of hydrogen-bond donors (Lipinski definition) is 2. The first-order valence-electron chi connectivity index (χ1n) is 13.5. The number of benzene rings is 2. The zero-order valence-corrected chi connectivity index (χ0v) is 26.8. The largest absolute Gasteiger partial charge is 0.494 e. The molecule has 2 aromatic carbocycles. The van der Waals surface area contributed by atoms with Crippen LogP contribution in [0.2, 0.25) is 0 Å². The summed E-state index contributed by atoms with van der Waals surface area (Å²) in [6.07, 6.45) is 7.19. The molecule has 12 heteroatoms. The lowest BCUT2D eigenvalue weighted by Crippen LogP contribution is -2.42. The van der Waals surface area contributed by atoms with Gasteiger partial charge in [0.05, 0.1) is 33.8 Å². The van der Waals surface area contributed by atoms with Gasteiger partial charge in [-0.1, -0.05) is 0 Å². The molecule has 0 atom stereocenters. The molecule has 2 aromatic heterocycles. The Balaban J connectivity index is 1.42. The first kappa shape index (κ1) is 29.2. The van der Waals surface area contributed by atoms with Gasteiger partial charge in [0.25, 0.3) is 0 Å². The molecule has 1 aliphatic heterocycles. The van der Waals surface area contributed by atoms with Crippen molar-refractivity contribution < 1.29 is 9.30 Å². The van der Waals surface area contributed by atoms with Crippen LogP contribution in [0, 0.1) is 6.92 Å². The summed E-state index contributed by atoms with van der Waals surface area (Å²) in [6, 6.07) is 8.51. The van der Waals surface area contributed by atoms with Crippen molar-refractivity contribution >= 4 is 68.2 Å². The second-order valence-corrected chi connectivity index (χ2v) is 14.9. The number of aromatic nitrogens is 4. The van der Waals surface area contributed by atoms with Gasteiger partial charge in [0.2, 0.25) is 5.95 Å². The van der Waals surface area contributed by atoms with E-state index in [0.29, 0.717) is 44.3 Å². The van der Waals surface area contributed by atoms with Crippen LogP contribution >= 0.6 is 23.1 Å². The van der Waals surface area contributed by atoms with Gasteiger partial charge in [0.1, 0.15) is 24.2 Å². The Morgan fingerprint density at radius 3 is 2.46 bits per heavy atom. The van der Waals surface area contributed by atoms with E-state index in [-0.39, 0.29) is 0 Å². The highest BCUT2D eigenvalue weighted by atomic mass is 79.9. The van der Waals surface area contributed by atoms with Gasteiger partial charge in [-0.15, -0.1) is 0 Å². The summed E-state index contributed by atoms with van der Waals surface area (Å²) in [5, 5.41) is 7.31. The third-order valence-electron chi connectivity index (χ3n) is 7.45. The average Bonchev–Trinajstić information content (AvgIpc) is 2.94. The van der Waals surface area contributed by atoms with Crippen molar-refractivity contribution in [3.05, 3.63) is 52.9 Å². The zero-order chi connectivity index (χ0) is 29.3. The number of fused-ring (bicyclic) bond motifs is 1. The number of rotatable bonds is 8. The molecule has 3 heterocycles. The molecule has 10 nitrogen and oxygen atoms in total. The Labute approximate surface area is 249 Å². The fraction of sp³-hybridized carbons (Fsp3) is 0.379. The number of methoxy groups -OCH3 is 1. The smallest absolute Gasteiger partial charge is 0.229 e. The second-order valence-electron chi connectivity index (χ2n) is 10.9. The van der Waals surface area contributed by atoms with Crippen molar-refractivity contribution in [2.75, 3.05) is 63.2 Å². The van der Waals surface area contributed by atoms with E-state index in [4.69, 9.17) is 9.72 Å². The van der Waals surface area contributed by atoms with Crippen molar-refractivity contribution in [2.45, 2.75) is 25.8 Å². The fourth-order valence-electron chi connectivity index (χ4n) is 5.34. The summed E-state index contributed by atoms with van der Waals surface area (Å²) in [5.74, 6) is 1.64. The quantitative estimate of drug-likeness (QED) is 0.231. The second kappa shape index (κ2) is 11.9. The van der Waals surface area contributed by atoms with Crippen molar-refractivity contribution in [3.8, 4) is 5.75 Å². The lowest BCUT2D eigenvalue weighted by molar-refractivity contribution is 0.249. The maximum Gasteiger partial charge on any atom is 0.229 e. The molecule has 0 aliphatic carbocycles. The number of halogens is 1. The van der Waals surface area contributed by atoms with Gasteiger partial charge in [-0.3, -0.25) is 9.97 Å². The molecule has 0 amide bonds. The van der Waals surface area contributed by atoms with Gasteiger partial charge >= 0.3 is 0 Å². The Kier molecular flexibility index (Phi) is 8.50. The van der Waals surface area contributed by atoms with Crippen LogP contribution in [0.25, 0.3) is 11.0 Å². The molecule has 5 rings (SSSR count). The van der Waals surface area contributed by atoms with Crippen molar-refractivity contribution in [2.24, 2.45) is 0 Å². The van der Waals surface area contributed by atoms with Crippen LogP contribution in [0.15, 0.2) is 47.3 Å². The van der Waals surface area contributed by atoms with Gasteiger partial charge in [0.15, 0.2) is 0 Å². The molecule has 0 radical (unpaired) electrons. The first-order valence-corrected chi connectivity index (χ1v) is 16.9. The highest BCUT2D eigenvalue weighted by Gasteiger charge is 2.24. The Morgan fingerprint density at radius 2 is 1.78 bits per heavy atom. The maximum absolute atomic E-state index is 13.3. The summed E-state index contributed by atoms with van der Waals surface area (Å²) in [7, 11) is 3.26. The first-order chi connectivity index (χ1) is 19.5. The van der Waals surface area contributed by atoms with E-state index in [1.807, 2.05) is 12.1 Å². The monoisotopic (exact) mass is 638 g/mol. The number of nitrogens with zero attached hydrogens (tertiary/aromatic N) is 6. The number of hydrogen-bond acceptors (Lipinski definition) is 10. The highest BCUT2D eigenvalue weighted by Crippen LogP contribution is 2.41. The topological polar surface area (TPSA) is 108 Å². The molecule has 4 aromatic rings. The SMILES string of the molecule is COc1cc(N2CCC(N(C)C)CC2)c(C)cc1Nc1ncc(Br)c(Nc2ccc3nccnc3c2P(C)(C)=O)n1. The summed E-state index contributed by atoms with van der Waals surface area (Å²) in [6.45, 7) is 7.59. The predicted molar refractivity (Wildman–Crippen MR) is 172 cm³/mol. The summed E-state index contributed by atoms with van der Waals surface area (Å²) < 4.78 is 19.8. The minimum Gasteiger partial charge on any atom is -0.494 e. The highest BCUT2D eigenvalue weighted by molar-refractivity contribution is 9.10. The van der Waals surface area contributed by atoms with E-state index in [0.717, 1.165) is 42.9 Å². The minimum atomic E-state index is -2.72. The number of piperidine rings is 1. The zero-order valence-electron chi connectivity index (χ0n) is 24.3. The number of anilines is 5. The van der Waals surface area contributed by atoms with E-state index in [1.54, 1.807) is 39.0 Å². The van der Waals surface area contributed by atoms with Gasteiger partial charge in [-0.05, 0) is 86.9 Å². The van der Waals surface area contributed by atoms with Gasteiger partial charge in [0, 0.05) is 49.5 Å². The molecule has 41 heavy (non-hydrogen) atoms. The standard InChI is InChI=1S/C29H36BrN8O2P/c1-18-15-23(25(40-4)16-24(18)38-13-9-19(10-14-38)37(2)3)35-29-33-17-20(30)28(36-29)34-22-8-7-21-26(32-12-11-31-21)27(22)41(5,6)39/h7-8,11-12,15-17,19H,9-10,13-14H2,1-6H3,(H2,33,34,35,36). The Bertz CT molecular complexity index is 1620. The average molecular weight is 640 g/mol. The van der Waals surface area contributed by atoms with Crippen LogP contribution < -0.4 is 25.6 Å². The van der Waals surface area contributed by atoms with Crippen LogP contribution in [0.3, 0.4) is 0 Å². The Morgan fingerprint density at radius 1 is 1.05 bits per heavy atom. The number of ether oxygens (including phenoxy) is 1. The van der Waals surface area contributed by atoms with E-state index in [9.17, 15) is 4.57 Å².